The predicted octanol–water partition coefficient (Wildman–Crippen LogP) is 2.26. The van der Waals surface area contributed by atoms with E-state index in [0.29, 0.717) is 5.75 Å². The van der Waals surface area contributed by atoms with Crippen LogP contribution in [0.15, 0.2) is 17.0 Å². The first kappa shape index (κ1) is 13.6. The number of nitrogens with one attached hydrogen (secondary N) is 2. The lowest BCUT2D eigenvalue weighted by Crippen LogP contribution is -2.46. The summed E-state index contributed by atoms with van der Waals surface area (Å²) in [5.41, 5.74) is -0.653. The maximum Gasteiger partial charge on any atom is 0.197 e. The van der Waals surface area contributed by atoms with Gasteiger partial charge in [0.1, 0.15) is 0 Å². The summed E-state index contributed by atoms with van der Waals surface area (Å²) < 4.78 is 13.4. The van der Waals surface area contributed by atoms with Crippen molar-refractivity contribution in [2.75, 3.05) is 5.75 Å². The van der Waals surface area contributed by atoms with Gasteiger partial charge in [0.15, 0.2) is 17.3 Å². The van der Waals surface area contributed by atoms with Gasteiger partial charge < -0.3 is 10.6 Å². The Bertz CT molecular complexity index is 312. The molecule has 3 nitrogen and oxygen atoms in total. The van der Waals surface area contributed by atoms with Crippen molar-refractivity contribution in [2.24, 2.45) is 10.4 Å². The number of hydrogen-bond donors (Lipinski definition) is 3. The quantitative estimate of drug-likeness (QED) is 0.407. The molecule has 2 atom stereocenters. The van der Waals surface area contributed by atoms with Gasteiger partial charge in [-0.05, 0) is 5.41 Å². The van der Waals surface area contributed by atoms with Crippen LogP contribution in [0.1, 0.15) is 20.8 Å². The molecule has 0 amide bonds. The highest BCUT2D eigenvalue weighted by atomic mass is 35.5. The van der Waals surface area contributed by atoms with E-state index in [1.165, 1.54) is 6.20 Å². The second-order valence-electron chi connectivity index (χ2n) is 4.72. The number of hydrogen-bond acceptors (Lipinski definition) is 4. The van der Waals surface area contributed by atoms with Gasteiger partial charge in [0, 0.05) is 18.0 Å². The van der Waals surface area contributed by atoms with Gasteiger partial charge in [0.25, 0.3) is 0 Å². The molecule has 0 aliphatic carbocycles. The molecule has 0 saturated carbocycles. The fourth-order valence-electron chi connectivity index (χ4n) is 1.23. The lowest BCUT2D eigenvalue weighted by atomic mass is 9.88. The number of alkyl halides is 1. The van der Waals surface area contributed by atoms with Crippen molar-refractivity contribution in [1.82, 2.24) is 10.6 Å². The van der Waals surface area contributed by atoms with E-state index in [2.05, 4.69) is 49.0 Å². The fraction of sp³-hybridized carbons (Fsp3) is 0.700. The van der Waals surface area contributed by atoms with Crippen LogP contribution < -0.4 is 10.6 Å². The van der Waals surface area contributed by atoms with Crippen molar-refractivity contribution in [3.63, 3.8) is 0 Å². The molecule has 1 heterocycles. The Morgan fingerprint density at radius 1 is 1.69 bits per heavy atom. The van der Waals surface area contributed by atoms with Crippen molar-refractivity contribution in [3.05, 3.63) is 12.0 Å². The molecule has 0 aromatic heterocycles. The molecule has 0 aromatic carbocycles. The van der Waals surface area contributed by atoms with E-state index in [1.807, 2.05) is 0 Å². The van der Waals surface area contributed by atoms with E-state index in [-0.39, 0.29) is 17.3 Å². The third-order valence-corrected chi connectivity index (χ3v) is 2.94. The molecule has 16 heavy (non-hydrogen) atoms. The SMILES string of the molecule is CC(C)(C)[C@@H](CS)NC1=NC(Cl)NC=C1F. The molecule has 0 radical (unpaired) electrons. The number of amidine groups is 1. The Labute approximate surface area is 106 Å². The van der Waals surface area contributed by atoms with Gasteiger partial charge in [-0.3, -0.25) is 0 Å². The Morgan fingerprint density at radius 3 is 2.81 bits per heavy atom. The summed E-state index contributed by atoms with van der Waals surface area (Å²) in [5.74, 6) is 0.344. The Kier molecular flexibility index (Phi) is 4.50. The van der Waals surface area contributed by atoms with E-state index in [4.69, 9.17) is 11.6 Å². The average Bonchev–Trinajstić information content (AvgIpc) is 2.17. The normalized spacial score (nSPS) is 23.0. The highest BCUT2D eigenvalue weighted by Crippen LogP contribution is 2.21. The zero-order valence-electron chi connectivity index (χ0n) is 9.59. The maximum absolute atomic E-state index is 13.4. The summed E-state index contributed by atoms with van der Waals surface area (Å²) in [5, 5.41) is 5.61. The molecule has 0 fully saturated rings. The van der Waals surface area contributed by atoms with Gasteiger partial charge in [-0.2, -0.15) is 12.6 Å². The molecule has 1 unspecified atom stereocenters. The van der Waals surface area contributed by atoms with E-state index in [0.717, 1.165) is 0 Å². The number of thiol groups is 1. The average molecular weight is 266 g/mol. The van der Waals surface area contributed by atoms with E-state index in [9.17, 15) is 4.39 Å². The standard InChI is InChI=1S/C10H17ClFN3S/c1-10(2,3)7(5-16)14-8-6(12)4-13-9(11)15-8/h4,7,9,13,16H,5H2,1-3H3,(H,14,15)/t7-,9?/m1/s1. The minimum atomic E-state index is -0.623. The van der Waals surface area contributed by atoms with E-state index >= 15 is 0 Å². The molecule has 92 valence electrons. The van der Waals surface area contributed by atoms with E-state index < -0.39 is 11.5 Å². The Morgan fingerprint density at radius 2 is 2.31 bits per heavy atom. The summed E-state index contributed by atoms with van der Waals surface area (Å²) in [7, 11) is 0. The third-order valence-electron chi connectivity index (χ3n) is 2.36. The van der Waals surface area contributed by atoms with Gasteiger partial charge in [0.2, 0.25) is 0 Å². The van der Waals surface area contributed by atoms with Crippen LogP contribution >= 0.6 is 24.2 Å². The molecule has 0 bridgehead atoms. The van der Waals surface area contributed by atoms with Crippen molar-refractivity contribution in [1.29, 1.82) is 0 Å². The lowest BCUT2D eigenvalue weighted by molar-refractivity contribution is 0.319. The van der Waals surface area contributed by atoms with Gasteiger partial charge in [-0.15, -0.1) is 0 Å². The van der Waals surface area contributed by atoms with Crippen molar-refractivity contribution >= 4 is 30.1 Å². The van der Waals surface area contributed by atoms with Crippen LogP contribution in [0.25, 0.3) is 0 Å². The van der Waals surface area contributed by atoms with Crippen LogP contribution in [0, 0.1) is 5.41 Å². The molecule has 0 aromatic rings. The molecule has 2 N–H and O–H groups in total. The maximum atomic E-state index is 13.4. The van der Waals surface area contributed by atoms with Crippen LogP contribution in [-0.2, 0) is 0 Å². The molecule has 6 heteroatoms. The van der Waals surface area contributed by atoms with Gasteiger partial charge in [-0.1, -0.05) is 32.4 Å². The summed E-state index contributed by atoms with van der Waals surface area (Å²) in [4.78, 5) is 3.95. The molecule has 0 spiro atoms. The number of nitrogens with zero attached hydrogens (tertiary/aromatic N) is 1. The summed E-state index contributed by atoms with van der Waals surface area (Å²) >= 11 is 10.0. The number of rotatable bonds is 2. The second kappa shape index (κ2) is 5.27. The van der Waals surface area contributed by atoms with Crippen LogP contribution in [0.2, 0.25) is 0 Å². The molecule has 0 saturated heterocycles. The van der Waals surface area contributed by atoms with Gasteiger partial charge in [0.05, 0.1) is 0 Å². The van der Waals surface area contributed by atoms with Crippen molar-refractivity contribution < 1.29 is 4.39 Å². The predicted molar refractivity (Wildman–Crippen MR) is 69.6 cm³/mol. The Balaban J connectivity index is 2.75. The van der Waals surface area contributed by atoms with E-state index in [1.54, 1.807) is 0 Å². The summed E-state index contributed by atoms with van der Waals surface area (Å²) in [6.07, 6.45) is 1.21. The molecular weight excluding hydrogens is 249 g/mol. The van der Waals surface area contributed by atoms with Gasteiger partial charge >= 0.3 is 0 Å². The van der Waals surface area contributed by atoms with Crippen LogP contribution in [0.4, 0.5) is 4.39 Å². The van der Waals surface area contributed by atoms with Crippen molar-refractivity contribution in [2.45, 2.75) is 32.4 Å². The first-order valence-corrected chi connectivity index (χ1v) is 6.13. The minimum Gasteiger partial charge on any atom is -0.364 e. The molecule has 1 aliphatic heterocycles. The topological polar surface area (TPSA) is 36.4 Å². The highest BCUT2D eigenvalue weighted by Gasteiger charge is 2.26. The number of halogens is 2. The third kappa shape index (κ3) is 3.56. The molecular formula is C10H17ClFN3S. The van der Waals surface area contributed by atoms with Gasteiger partial charge in [-0.25, -0.2) is 9.38 Å². The molecule has 1 rings (SSSR count). The number of aliphatic imine (C=N–C) groups is 1. The first-order valence-electron chi connectivity index (χ1n) is 5.06. The lowest BCUT2D eigenvalue weighted by Gasteiger charge is -2.32. The smallest absolute Gasteiger partial charge is 0.197 e. The zero-order chi connectivity index (χ0) is 12.3. The highest BCUT2D eigenvalue weighted by molar-refractivity contribution is 7.80. The Hall–Kier alpha value is -0.420. The second-order valence-corrected chi connectivity index (χ2v) is 5.50. The van der Waals surface area contributed by atoms with Crippen LogP contribution in [0.3, 0.4) is 0 Å². The summed E-state index contributed by atoms with van der Waals surface area (Å²) in [6.45, 7) is 6.17. The zero-order valence-corrected chi connectivity index (χ0v) is 11.2. The van der Waals surface area contributed by atoms with Crippen LogP contribution in [0.5, 0.6) is 0 Å². The first-order chi connectivity index (χ1) is 7.34. The van der Waals surface area contributed by atoms with Crippen LogP contribution in [-0.4, -0.2) is 23.3 Å². The minimum absolute atomic E-state index is 0.0238. The monoisotopic (exact) mass is 265 g/mol. The largest absolute Gasteiger partial charge is 0.364 e. The molecule has 1 aliphatic rings. The summed E-state index contributed by atoms with van der Waals surface area (Å²) in [6, 6.07) is 0.0238. The van der Waals surface area contributed by atoms with Crippen molar-refractivity contribution in [3.8, 4) is 0 Å². The fourth-order valence-corrected chi connectivity index (χ4v) is 2.03.